The number of fused-ring (bicyclic) bond motifs is 1. The normalized spacial score (nSPS) is 13.6. The molecule has 1 aromatic carbocycles. The molecular weight excluding hydrogens is 390 g/mol. The minimum absolute atomic E-state index is 0.0844. The molecular formula is C20H23N5O3S. The molecule has 29 heavy (non-hydrogen) atoms. The number of rotatable bonds is 9. The number of esters is 1. The molecule has 0 unspecified atom stereocenters. The third-order valence-corrected chi connectivity index (χ3v) is 5.79. The van der Waals surface area contributed by atoms with E-state index in [4.69, 9.17) is 0 Å². The van der Waals surface area contributed by atoms with Crippen molar-refractivity contribution >= 4 is 34.5 Å². The van der Waals surface area contributed by atoms with E-state index in [2.05, 4.69) is 35.9 Å². The number of H-pyrrole nitrogens is 1. The topological polar surface area (TPSA) is 102 Å². The van der Waals surface area contributed by atoms with Crippen LogP contribution in [0.5, 0.6) is 0 Å². The molecule has 1 amide bonds. The summed E-state index contributed by atoms with van der Waals surface area (Å²) >= 11 is 1.39. The van der Waals surface area contributed by atoms with E-state index in [9.17, 15) is 9.59 Å². The number of nitrogens with one attached hydrogen (secondary N) is 2. The summed E-state index contributed by atoms with van der Waals surface area (Å²) in [5.74, 6) is 0.748. The van der Waals surface area contributed by atoms with Crippen molar-refractivity contribution in [3.05, 3.63) is 30.5 Å². The Hall–Kier alpha value is -2.81. The predicted molar refractivity (Wildman–Crippen MR) is 111 cm³/mol. The number of nitrogens with zero attached hydrogens (tertiary/aromatic N) is 3. The molecule has 8 nitrogen and oxygen atoms in total. The van der Waals surface area contributed by atoms with Crippen molar-refractivity contribution in [2.75, 3.05) is 19.4 Å². The van der Waals surface area contributed by atoms with E-state index in [-0.39, 0.29) is 17.6 Å². The summed E-state index contributed by atoms with van der Waals surface area (Å²) in [5, 5.41) is 13.5. The van der Waals surface area contributed by atoms with Crippen LogP contribution in [-0.2, 0) is 14.3 Å². The second kappa shape index (κ2) is 8.69. The molecule has 2 N–H and O–H groups in total. The van der Waals surface area contributed by atoms with E-state index in [0.717, 1.165) is 40.3 Å². The summed E-state index contributed by atoms with van der Waals surface area (Å²) in [4.78, 5) is 26.5. The molecule has 2 heterocycles. The number of aromatic nitrogens is 4. The van der Waals surface area contributed by atoms with Crippen LogP contribution < -0.4 is 5.32 Å². The van der Waals surface area contributed by atoms with Crippen molar-refractivity contribution in [3.63, 3.8) is 0 Å². The second-order valence-corrected chi connectivity index (χ2v) is 7.92. The molecule has 4 rings (SSSR count). The first-order chi connectivity index (χ1) is 14.2. The molecule has 1 fully saturated rings. The molecule has 1 saturated carbocycles. The Morgan fingerprint density at radius 1 is 1.31 bits per heavy atom. The lowest BCUT2D eigenvalue weighted by Crippen LogP contribution is -2.26. The van der Waals surface area contributed by atoms with Gasteiger partial charge < -0.3 is 15.0 Å². The Kier molecular flexibility index (Phi) is 5.84. The first kappa shape index (κ1) is 19.5. The Labute approximate surface area is 172 Å². The van der Waals surface area contributed by atoms with Crippen LogP contribution >= 0.6 is 11.8 Å². The second-order valence-electron chi connectivity index (χ2n) is 6.97. The fourth-order valence-electron chi connectivity index (χ4n) is 3.22. The summed E-state index contributed by atoms with van der Waals surface area (Å²) in [6, 6.07) is 8.51. The lowest BCUT2D eigenvalue weighted by Gasteiger charge is -2.08. The van der Waals surface area contributed by atoms with Gasteiger partial charge in [0.1, 0.15) is 0 Å². The van der Waals surface area contributed by atoms with Crippen LogP contribution in [0.15, 0.2) is 35.6 Å². The number of carbonyl (C=O) groups excluding carboxylic acids is 2. The molecule has 0 bridgehead atoms. The van der Waals surface area contributed by atoms with Crippen LogP contribution in [0, 0.1) is 0 Å². The van der Waals surface area contributed by atoms with Crippen LogP contribution in [-0.4, -0.2) is 51.0 Å². The molecule has 0 spiro atoms. The molecule has 1 aliphatic rings. The summed E-state index contributed by atoms with van der Waals surface area (Å²) in [5.41, 5.74) is 2.09. The van der Waals surface area contributed by atoms with Gasteiger partial charge in [0.2, 0.25) is 5.91 Å². The van der Waals surface area contributed by atoms with Gasteiger partial charge >= 0.3 is 5.97 Å². The van der Waals surface area contributed by atoms with E-state index < -0.39 is 0 Å². The zero-order valence-electron chi connectivity index (χ0n) is 16.2. The van der Waals surface area contributed by atoms with Crippen molar-refractivity contribution < 1.29 is 14.3 Å². The number of methoxy groups -OCH3 is 1. The third kappa shape index (κ3) is 4.45. The Bertz CT molecular complexity index is 1020. The number of amides is 1. The molecule has 0 radical (unpaired) electrons. The maximum Gasteiger partial charge on any atom is 0.305 e. The Balaban J connectivity index is 1.42. The van der Waals surface area contributed by atoms with Gasteiger partial charge in [-0.2, -0.15) is 0 Å². The summed E-state index contributed by atoms with van der Waals surface area (Å²) < 4.78 is 6.75. The van der Waals surface area contributed by atoms with Crippen molar-refractivity contribution in [2.24, 2.45) is 0 Å². The monoisotopic (exact) mass is 413 g/mol. The van der Waals surface area contributed by atoms with E-state index in [1.165, 1.54) is 18.9 Å². The van der Waals surface area contributed by atoms with E-state index in [0.29, 0.717) is 25.4 Å². The third-order valence-electron chi connectivity index (χ3n) is 4.85. The van der Waals surface area contributed by atoms with Crippen LogP contribution in [0.1, 0.15) is 31.7 Å². The van der Waals surface area contributed by atoms with Gasteiger partial charge in [-0.05, 0) is 25.3 Å². The van der Waals surface area contributed by atoms with Gasteiger partial charge in [0.25, 0.3) is 0 Å². The lowest BCUT2D eigenvalue weighted by molar-refractivity contribution is -0.140. The standard InChI is InChI=1S/C20H23N5O3S/c1-28-18(27)7-4-10-21-17(26)12-29-20-24-23-19(25(20)13-8-9-13)15-11-22-16-6-3-2-5-14(15)16/h2-3,5-6,11,13,22H,4,7-10,12H2,1H3,(H,21,26). The molecule has 0 atom stereocenters. The summed E-state index contributed by atoms with van der Waals surface area (Å²) in [7, 11) is 1.36. The lowest BCUT2D eigenvalue weighted by atomic mass is 10.1. The van der Waals surface area contributed by atoms with E-state index in [1.54, 1.807) is 0 Å². The number of hydrogen-bond donors (Lipinski definition) is 2. The first-order valence-corrected chi connectivity index (χ1v) is 10.6. The molecule has 1 aliphatic carbocycles. The van der Waals surface area contributed by atoms with Gasteiger partial charge in [-0.25, -0.2) is 0 Å². The summed E-state index contributed by atoms with van der Waals surface area (Å²) in [6.07, 6.45) is 5.03. The van der Waals surface area contributed by atoms with Crippen molar-refractivity contribution in [2.45, 2.75) is 36.9 Å². The number of benzene rings is 1. The van der Waals surface area contributed by atoms with Crippen LogP contribution in [0.4, 0.5) is 0 Å². The highest BCUT2D eigenvalue weighted by atomic mass is 32.2. The van der Waals surface area contributed by atoms with E-state index >= 15 is 0 Å². The highest BCUT2D eigenvalue weighted by molar-refractivity contribution is 7.99. The van der Waals surface area contributed by atoms with Gasteiger partial charge in [0.15, 0.2) is 11.0 Å². The Morgan fingerprint density at radius 3 is 2.93 bits per heavy atom. The molecule has 0 aliphatic heterocycles. The number of carbonyl (C=O) groups is 2. The van der Waals surface area contributed by atoms with Gasteiger partial charge in [0.05, 0.1) is 12.9 Å². The van der Waals surface area contributed by atoms with Crippen LogP contribution in [0.2, 0.25) is 0 Å². The van der Waals surface area contributed by atoms with Crippen molar-refractivity contribution in [3.8, 4) is 11.4 Å². The number of thioether (sulfide) groups is 1. The smallest absolute Gasteiger partial charge is 0.305 e. The van der Waals surface area contributed by atoms with Crippen LogP contribution in [0.25, 0.3) is 22.3 Å². The fourth-order valence-corrected chi connectivity index (χ4v) is 4.06. The SMILES string of the molecule is COC(=O)CCCNC(=O)CSc1nnc(-c2c[nH]c3ccccc23)n1C1CC1. The average Bonchev–Trinajstić information content (AvgIpc) is 3.35. The highest BCUT2D eigenvalue weighted by Gasteiger charge is 2.31. The first-order valence-electron chi connectivity index (χ1n) is 9.65. The molecule has 2 aromatic heterocycles. The van der Waals surface area contributed by atoms with Gasteiger partial charge in [-0.15, -0.1) is 10.2 Å². The predicted octanol–water partition coefficient (Wildman–Crippen LogP) is 2.92. The highest BCUT2D eigenvalue weighted by Crippen LogP contribution is 2.42. The number of aromatic amines is 1. The van der Waals surface area contributed by atoms with E-state index in [1.807, 2.05) is 24.4 Å². The average molecular weight is 414 g/mol. The molecule has 152 valence electrons. The van der Waals surface area contributed by atoms with Gasteiger partial charge in [-0.3, -0.25) is 14.2 Å². The van der Waals surface area contributed by atoms with Gasteiger partial charge in [0, 0.05) is 41.7 Å². The zero-order chi connectivity index (χ0) is 20.2. The Morgan fingerprint density at radius 2 is 2.14 bits per heavy atom. The zero-order valence-corrected chi connectivity index (χ0v) is 17.0. The van der Waals surface area contributed by atoms with Crippen LogP contribution in [0.3, 0.4) is 0 Å². The minimum Gasteiger partial charge on any atom is -0.469 e. The largest absolute Gasteiger partial charge is 0.469 e. The molecule has 9 heteroatoms. The van der Waals surface area contributed by atoms with Crippen molar-refractivity contribution in [1.82, 2.24) is 25.1 Å². The maximum absolute atomic E-state index is 12.1. The van der Waals surface area contributed by atoms with Gasteiger partial charge in [-0.1, -0.05) is 30.0 Å². The number of para-hydroxylation sites is 1. The number of ether oxygens (including phenoxy) is 1. The fraction of sp³-hybridized carbons (Fsp3) is 0.400. The number of hydrogen-bond acceptors (Lipinski definition) is 6. The quantitative estimate of drug-likeness (QED) is 0.318. The minimum atomic E-state index is -0.268. The molecule has 0 saturated heterocycles. The maximum atomic E-state index is 12.1. The summed E-state index contributed by atoms with van der Waals surface area (Å²) in [6.45, 7) is 0.449. The molecule has 3 aromatic rings. The van der Waals surface area contributed by atoms with Crippen molar-refractivity contribution in [1.29, 1.82) is 0 Å².